The minimum absolute atomic E-state index is 0.0366. The van der Waals surface area contributed by atoms with Crippen LogP contribution in [0, 0.1) is 0 Å². The maximum absolute atomic E-state index is 5.63. The van der Waals surface area contributed by atoms with E-state index < -0.39 is 0 Å². The first-order valence-corrected chi connectivity index (χ1v) is 6.48. The van der Waals surface area contributed by atoms with Crippen LogP contribution in [0.2, 0.25) is 0 Å². The van der Waals surface area contributed by atoms with Gasteiger partial charge in [-0.25, -0.2) is 4.98 Å². The molecule has 0 radical (unpaired) electrons. The lowest BCUT2D eigenvalue weighted by atomic mass is 10.3. The van der Waals surface area contributed by atoms with Crippen LogP contribution in [0.4, 0.5) is 11.9 Å². The molecule has 2 heterocycles. The minimum atomic E-state index is -0.0366. The number of aromatic nitrogens is 4. The van der Waals surface area contributed by atoms with Gasteiger partial charge in [0.25, 0.3) is 0 Å². The van der Waals surface area contributed by atoms with Gasteiger partial charge in [0.05, 0.1) is 13.2 Å². The standard InChI is InChI=1S/C13H18N6O2/c1-8(2)21-13-18-11(14)17-12(19-13)16-7-9-4-5-10(20-3)15-6-9/h4-6,8H,7H2,1-3H3,(H3,14,16,17,18,19). The lowest BCUT2D eigenvalue weighted by molar-refractivity contribution is 0.222. The highest BCUT2D eigenvalue weighted by atomic mass is 16.5. The summed E-state index contributed by atoms with van der Waals surface area (Å²) in [6.45, 7) is 4.27. The van der Waals surface area contributed by atoms with Gasteiger partial charge in [0.1, 0.15) is 0 Å². The Kier molecular flexibility index (Phi) is 4.70. The van der Waals surface area contributed by atoms with Crippen molar-refractivity contribution in [2.45, 2.75) is 26.5 Å². The van der Waals surface area contributed by atoms with Crippen molar-refractivity contribution >= 4 is 11.9 Å². The van der Waals surface area contributed by atoms with Crippen molar-refractivity contribution in [1.82, 2.24) is 19.9 Å². The Hall–Kier alpha value is -2.64. The van der Waals surface area contributed by atoms with Gasteiger partial charge in [0, 0.05) is 18.8 Å². The summed E-state index contributed by atoms with van der Waals surface area (Å²) in [7, 11) is 1.57. The molecule has 0 fully saturated rings. The Morgan fingerprint density at radius 1 is 1.24 bits per heavy atom. The average Bonchev–Trinajstić information content (AvgIpc) is 2.44. The zero-order valence-corrected chi connectivity index (χ0v) is 12.2. The van der Waals surface area contributed by atoms with Crippen LogP contribution in [0.1, 0.15) is 19.4 Å². The van der Waals surface area contributed by atoms with E-state index in [9.17, 15) is 0 Å². The molecule has 0 saturated carbocycles. The Labute approximate surface area is 122 Å². The van der Waals surface area contributed by atoms with Gasteiger partial charge in [-0.15, -0.1) is 0 Å². The summed E-state index contributed by atoms with van der Waals surface area (Å²) in [5.41, 5.74) is 6.59. The highest BCUT2D eigenvalue weighted by Crippen LogP contribution is 2.12. The van der Waals surface area contributed by atoms with Gasteiger partial charge in [-0.3, -0.25) is 0 Å². The van der Waals surface area contributed by atoms with Crippen LogP contribution in [-0.2, 0) is 6.54 Å². The van der Waals surface area contributed by atoms with Crippen LogP contribution in [0.15, 0.2) is 18.3 Å². The summed E-state index contributed by atoms with van der Waals surface area (Å²) < 4.78 is 10.4. The molecule has 0 unspecified atom stereocenters. The van der Waals surface area contributed by atoms with Crippen LogP contribution >= 0.6 is 0 Å². The molecule has 0 aliphatic rings. The van der Waals surface area contributed by atoms with E-state index in [1.165, 1.54) is 0 Å². The number of nitrogens with one attached hydrogen (secondary N) is 1. The fourth-order valence-electron chi connectivity index (χ4n) is 1.53. The second kappa shape index (κ2) is 6.69. The number of pyridine rings is 1. The smallest absolute Gasteiger partial charge is 0.323 e. The summed E-state index contributed by atoms with van der Waals surface area (Å²) in [6, 6.07) is 3.88. The van der Waals surface area contributed by atoms with Gasteiger partial charge in [0.2, 0.25) is 17.8 Å². The van der Waals surface area contributed by atoms with Crippen molar-refractivity contribution in [1.29, 1.82) is 0 Å². The van der Waals surface area contributed by atoms with Crippen molar-refractivity contribution in [2.75, 3.05) is 18.2 Å². The molecule has 0 bridgehead atoms. The van der Waals surface area contributed by atoms with Gasteiger partial charge >= 0.3 is 6.01 Å². The molecule has 2 rings (SSSR count). The van der Waals surface area contributed by atoms with Crippen LogP contribution < -0.4 is 20.5 Å². The van der Waals surface area contributed by atoms with Gasteiger partial charge in [-0.2, -0.15) is 15.0 Å². The van der Waals surface area contributed by atoms with E-state index in [1.54, 1.807) is 19.4 Å². The van der Waals surface area contributed by atoms with Crippen molar-refractivity contribution < 1.29 is 9.47 Å². The largest absolute Gasteiger partial charge is 0.481 e. The first-order chi connectivity index (χ1) is 10.1. The van der Waals surface area contributed by atoms with Crippen LogP contribution in [0.5, 0.6) is 11.9 Å². The predicted molar refractivity (Wildman–Crippen MR) is 78.1 cm³/mol. The Morgan fingerprint density at radius 2 is 2.05 bits per heavy atom. The maximum Gasteiger partial charge on any atom is 0.323 e. The zero-order chi connectivity index (χ0) is 15.2. The number of methoxy groups -OCH3 is 1. The topological polar surface area (TPSA) is 108 Å². The molecule has 3 N–H and O–H groups in total. The molecular formula is C13H18N6O2. The van der Waals surface area contributed by atoms with E-state index >= 15 is 0 Å². The second-order valence-corrected chi connectivity index (χ2v) is 4.53. The number of ether oxygens (including phenoxy) is 2. The van der Waals surface area contributed by atoms with E-state index in [0.717, 1.165) is 5.56 Å². The molecule has 0 spiro atoms. The van der Waals surface area contributed by atoms with E-state index in [2.05, 4.69) is 25.3 Å². The number of rotatable bonds is 6. The molecule has 112 valence electrons. The SMILES string of the molecule is COc1ccc(CNc2nc(N)nc(OC(C)C)n2)cn1. The van der Waals surface area contributed by atoms with Gasteiger partial charge in [-0.05, 0) is 19.4 Å². The molecule has 0 saturated heterocycles. The quantitative estimate of drug-likeness (QED) is 0.818. The average molecular weight is 290 g/mol. The van der Waals surface area contributed by atoms with E-state index in [-0.39, 0.29) is 18.1 Å². The molecule has 2 aromatic heterocycles. The van der Waals surface area contributed by atoms with Gasteiger partial charge in [0.15, 0.2) is 0 Å². The monoisotopic (exact) mass is 290 g/mol. The first-order valence-electron chi connectivity index (χ1n) is 6.48. The number of nitrogen functional groups attached to an aromatic ring is 1. The van der Waals surface area contributed by atoms with Crippen LogP contribution in [-0.4, -0.2) is 33.1 Å². The Morgan fingerprint density at radius 3 is 2.67 bits per heavy atom. The molecule has 8 nitrogen and oxygen atoms in total. The predicted octanol–water partition coefficient (Wildman–Crippen LogP) is 1.26. The molecule has 21 heavy (non-hydrogen) atoms. The molecule has 0 aliphatic carbocycles. The second-order valence-electron chi connectivity index (χ2n) is 4.53. The molecule has 0 aliphatic heterocycles. The fraction of sp³-hybridized carbons (Fsp3) is 0.385. The van der Waals surface area contributed by atoms with Crippen molar-refractivity contribution in [3.8, 4) is 11.9 Å². The third kappa shape index (κ3) is 4.44. The highest BCUT2D eigenvalue weighted by Gasteiger charge is 2.07. The van der Waals surface area contributed by atoms with E-state index in [0.29, 0.717) is 18.4 Å². The molecule has 2 aromatic rings. The number of nitrogens with two attached hydrogens (primary N) is 1. The molecule has 0 amide bonds. The van der Waals surface area contributed by atoms with Crippen molar-refractivity contribution in [3.05, 3.63) is 23.9 Å². The van der Waals surface area contributed by atoms with Gasteiger partial charge < -0.3 is 20.5 Å². The number of nitrogens with zero attached hydrogens (tertiary/aromatic N) is 4. The number of hydrogen-bond donors (Lipinski definition) is 2. The summed E-state index contributed by atoms with van der Waals surface area (Å²) in [5, 5.41) is 3.05. The first kappa shape index (κ1) is 14.8. The zero-order valence-electron chi connectivity index (χ0n) is 12.2. The maximum atomic E-state index is 5.63. The Balaban J connectivity index is 2.03. The lowest BCUT2D eigenvalue weighted by Gasteiger charge is -2.10. The van der Waals surface area contributed by atoms with E-state index in [4.69, 9.17) is 15.2 Å². The fourth-order valence-corrected chi connectivity index (χ4v) is 1.53. The molecule has 8 heteroatoms. The van der Waals surface area contributed by atoms with Crippen molar-refractivity contribution in [3.63, 3.8) is 0 Å². The third-order valence-electron chi connectivity index (χ3n) is 2.43. The van der Waals surface area contributed by atoms with Crippen molar-refractivity contribution in [2.24, 2.45) is 0 Å². The molecular weight excluding hydrogens is 272 g/mol. The van der Waals surface area contributed by atoms with Gasteiger partial charge in [-0.1, -0.05) is 6.07 Å². The lowest BCUT2D eigenvalue weighted by Crippen LogP contribution is -2.13. The molecule has 0 atom stereocenters. The summed E-state index contributed by atoms with van der Waals surface area (Å²) in [6.07, 6.45) is 1.67. The van der Waals surface area contributed by atoms with E-state index in [1.807, 2.05) is 19.9 Å². The van der Waals surface area contributed by atoms with Crippen LogP contribution in [0.3, 0.4) is 0 Å². The number of anilines is 2. The Bertz CT molecular complexity index is 588. The summed E-state index contributed by atoms with van der Waals surface area (Å²) in [4.78, 5) is 16.2. The minimum Gasteiger partial charge on any atom is -0.481 e. The number of hydrogen-bond acceptors (Lipinski definition) is 8. The normalized spacial score (nSPS) is 10.5. The summed E-state index contributed by atoms with van der Waals surface area (Å²) >= 11 is 0. The highest BCUT2D eigenvalue weighted by molar-refractivity contribution is 5.33. The molecule has 0 aromatic carbocycles. The summed E-state index contributed by atoms with van der Waals surface area (Å²) in [5.74, 6) is 1.03. The third-order valence-corrected chi connectivity index (χ3v) is 2.43. The van der Waals surface area contributed by atoms with Crippen LogP contribution in [0.25, 0.3) is 0 Å².